The van der Waals surface area contributed by atoms with E-state index in [0.29, 0.717) is 17.2 Å². The second-order valence-corrected chi connectivity index (χ2v) is 8.27. The Balaban J connectivity index is 1.66. The average molecular weight is 415 g/mol. The number of esters is 1. The van der Waals surface area contributed by atoms with Gasteiger partial charge in [0, 0.05) is 4.88 Å². The lowest BCUT2D eigenvalue weighted by Gasteiger charge is -2.23. The molecule has 3 heterocycles. The number of rotatable bonds is 5. The van der Waals surface area contributed by atoms with Crippen molar-refractivity contribution in [3.8, 4) is 11.6 Å². The number of fused-ring (bicyclic) bond motifs is 1. The maximum Gasteiger partial charge on any atom is 0.337 e. The zero-order valence-corrected chi connectivity index (χ0v) is 17.6. The molecule has 29 heavy (non-hydrogen) atoms. The number of thiophene rings is 1. The van der Waals surface area contributed by atoms with E-state index in [1.807, 2.05) is 0 Å². The molecule has 1 aromatic carbocycles. The molecule has 0 bridgehead atoms. The normalized spacial score (nSPS) is 14.9. The van der Waals surface area contributed by atoms with Gasteiger partial charge in [-0.3, -0.25) is 0 Å². The summed E-state index contributed by atoms with van der Waals surface area (Å²) >= 11 is 1.66. The zero-order valence-electron chi connectivity index (χ0n) is 16.8. The number of nitrogens with zero attached hydrogens (tertiary/aromatic N) is 2. The van der Waals surface area contributed by atoms with E-state index in [2.05, 4.69) is 13.8 Å². The van der Waals surface area contributed by atoms with Crippen LogP contribution in [0.1, 0.15) is 26.6 Å². The van der Waals surface area contributed by atoms with E-state index in [-0.39, 0.29) is 5.97 Å². The smallest absolute Gasteiger partial charge is 0.337 e. The minimum atomic E-state index is -0.374. The van der Waals surface area contributed by atoms with Crippen LogP contribution in [0, 0.1) is 13.8 Å². The van der Waals surface area contributed by atoms with Crippen molar-refractivity contribution in [2.45, 2.75) is 20.4 Å². The fourth-order valence-corrected chi connectivity index (χ4v) is 4.40. The Morgan fingerprint density at radius 2 is 1.90 bits per heavy atom. The number of ether oxygens (including phenoxy) is 3. The summed E-state index contributed by atoms with van der Waals surface area (Å²) < 4.78 is 16.3. The van der Waals surface area contributed by atoms with Crippen LogP contribution in [0.5, 0.6) is 11.6 Å². The van der Waals surface area contributed by atoms with Crippen molar-refractivity contribution in [3.63, 3.8) is 0 Å². The van der Waals surface area contributed by atoms with E-state index in [9.17, 15) is 4.79 Å². The number of aryl methyl sites for hydroxylation is 2. The van der Waals surface area contributed by atoms with E-state index in [1.165, 1.54) is 16.9 Å². The number of carbonyl (C=O) groups is 1. The highest BCUT2D eigenvalue weighted by molar-refractivity contribution is 7.18. The molecule has 0 radical (unpaired) electrons. The molecule has 1 fully saturated rings. The fourth-order valence-electron chi connectivity index (χ4n) is 3.36. The number of methoxy groups -OCH3 is 1. The second kappa shape index (κ2) is 8.44. The molecule has 1 aliphatic heterocycles. The Kier molecular flexibility index (Phi) is 5.75. The molecular weight excluding hydrogens is 390 g/mol. The van der Waals surface area contributed by atoms with Crippen LogP contribution in [0.25, 0.3) is 10.2 Å². The molecule has 1 saturated heterocycles. The summed E-state index contributed by atoms with van der Waals surface area (Å²) in [5.41, 5.74) is 1.61. The van der Waals surface area contributed by atoms with Gasteiger partial charge in [-0.05, 0) is 43.7 Å². The van der Waals surface area contributed by atoms with Crippen LogP contribution < -0.4 is 9.64 Å². The molecule has 4 rings (SSSR count). The largest absolute Gasteiger partial charge is 0.465 e. The maximum atomic E-state index is 11.6. The van der Waals surface area contributed by atoms with Gasteiger partial charge in [0.1, 0.15) is 30.2 Å². The predicted octanol–water partition coefficient (Wildman–Crippen LogP) is 2.30. The molecule has 0 unspecified atom stereocenters. The number of morpholine rings is 1. The fraction of sp³-hybridized carbons (Fsp3) is 0.381. The van der Waals surface area contributed by atoms with Crippen molar-refractivity contribution < 1.29 is 23.9 Å². The molecule has 0 atom stereocenters. The highest BCUT2D eigenvalue weighted by Crippen LogP contribution is 2.36. The van der Waals surface area contributed by atoms with E-state index >= 15 is 0 Å². The van der Waals surface area contributed by atoms with Gasteiger partial charge in [-0.15, -0.1) is 11.3 Å². The van der Waals surface area contributed by atoms with Crippen LogP contribution in [0.4, 0.5) is 0 Å². The van der Waals surface area contributed by atoms with Gasteiger partial charge in [-0.25, -0.2) is 9.78 Å². The molecular formula is C21H24N3O4S+. The molecule has 0 aliphatic carbocycles. The Morgan fingerprint density at radius 3 is 2.59 bits per heavy atom. The summed E-state index contributed by atoms with van der Waals surface area (Å²) in [6.07, 6.45) is 0. The molecule has 152 valence electrons. The van der Waals surface area contributed by atoms with Gasteiger partial charge in [0.15, 0.2) is 5.82 Å². The molecule has 7 nitrogen and oxygen atoms in total. The first-order valence-corrected chi connectivity index (χ1v) is 10.4. The van der Waals surface area contributed by atoms with E-state index in [1.54, 1.807) is 35.6 Å². The summed E-state index contributed by atoms with van der Waals surface area (Å²) in [7, 11) is 1.37. The Labute approximate surface area is 173 Å². The number of hydrogen-bond acceptors (Lipinski definition) is 7. The monoisotopic (exact) mass is 414 g/mol. The van der Waals surface area contributed by atoms with E-state index < -0.39 is 0 Å². The topological polar surface area (TPSA) is 75.0 Å². The second-order valence-electron chi connectivity index (χ2n) is 7.07. The van der Waals surface area contributed by atoms with Crippen molar-refractivity contribution >= 4 is 27.5 Å². The molecule has 0 spiro atoms. The number of quaternary nitrogens is 1. The van der Waals surface area contributed by atoms with Gasteiger partial charge in [-0.2, -0.15) is 4.98 Å². The third-order valence-corrected chi connectivity index (χ3v) is 6.24. The quantitative estimate of drug-likeness (QED) is 0.646. The third kappa shape index (κ3) is 4.24. The van der Waals surface area contributed by atoms with Crippen LogP contribution >= 0.6 is 11.3 Å². The number of aromatic nitrogens is 2. The number of carbonyl (C=O) groups excluding carboxylic acids is 1. The van der Waals surface area contributed by atoms with Crippen LogP contribution in [0.2, 0.25) is 0 Å². The van der Waals surface area contributed by atoms with Crippen LogP contribution in [0.15, 0.2) is 24.3 Å². The first-order chi connectivity index (χ1) is 14.0. The van der Waals surface area contributed by atoms with E-state index in [4.69, 9.17) is 24.2 Å². The molecule has 0 saturated carbocycles. The minimum absolute atomic E-state index is 0.374. The van der Waals surface area contributed by atoms with Crippen LogP contribution in [-0.2, 0) is 16.0 Å². The summed E-state index contributed by atoms with van der Waals surface area (Å²) in [6.45, 7) is 8.34. The van der Waals surface area contributed by atoms with Gasteiger partial charge in [0.25, 0.3) is 0 Å². The van der Waals surface area contributed by atoms with Crippen LogP contribution in [-0.4, -0.2) is 49.4 Å². The average Bonchev–Trinajstić information content (AvgIpc) is 3.02. The zero-order chi connectivity index (χ0) is 20.4. The lowest BCUT2D eigenvalue weighted by atomic mass is 10.2. The maximum absolute atomic E-state index is 11.6. The third-order valence-electron chi connectivity index (χ3n) is 5.14. The summed E-state index contributed by atoms with van der Waals surface area (Å²) in [4.78, 5) is 24.8. The molecule has 8 heteroatoms. The molecule has 1 N–H and O–H groups in total. The van der Waals surface area contributed by atoms with Crippen molar-refractivity contribution in [3.05, 3.63) is 46.1 Å². The van der Waals surface area contributed by atoms with Gasteiger partial charge in [0.2, 0.25) is 5.88 Å². The standard InChI is InChI=1S/C21H23N3O4S/c1-13-14(2)29-20-18(13)19(22-17(23-20)12-24-8-10-27-11-9-24)28-16-6-4-15(5-7-16)21(25)26-3/h4-7H,8-12H2,1-3H3/p+1. The Hall–Kier alpha value is -2.55. The lowest BCUT2D eigenvalue weighted by molar-refractivity contribution is -0.922. The van der Waals surface area contributed by atoms with Gasteiger partial charge in [0.05, 0.1) is 31.3 Å². The number of benzene rings is 1. The Bertz CT molecular complexity index is 1030. The Morgan fingerprint density at radius 1 is 1.17 bits per heavy atom. The summed E-state index contributed by atoms with van der Waals surface area (Å²) in [6, 6.07) is 6.87. The highest BCUT2D eigenvalue weighted by Gasteiger charge is 2.21. The number of hydrogen-bond donors (Lipinski definition) is 1. The van der Waals surface area contributed by atoms with Crippen molar-refractivity contribution in [2.75, 3.05) is 33.4 Å². The highest BCUT2D eigenvalue weighted by atomic mass is 32.1. The van der Waals surface area contributed by atoms with Crippen molar-refractivity contribution in [2.24, 2.45) is 0 Å². The minimum Gasteiger partial charge on any atom is -0.465 e. The van der Waals surface area contributed by atoms with Gasteiger partial charge < -0.3 is 19.1 Å². The molecule has 3 aromatic rings. The lowest BCUT2D eigenvalue weighted by Crippen LogP contribution is -3.12. The van der Waals surface area contributed by atoms with Gasteiger partial charge >= 0.3 is 5.97 Å². The van der Waals surface area contributed by atoms with Crippen molar-refractivity contribution in [1.29, 1.82) is 0 Å². The summed E-state index contributed by atoms with van der Waals surface area (Å²) in [5, 5.41) is 0.949. The van der Waals surface area contributed by atoms with E-state index in [0.717, 1.165) is 54.5 Å². The number of nitrogens with one attached hydrogen (secondary N) is 1. The van der Waals surface area contributed by atoms with Crippen molar-refractivity contribution in [1.82, 2.24) is 9.97 Å². The SMILES string of the molecule is COC(=O)c1ccc(Oc2nc(C[NH+]3CCOCC3)nc3sc(C)c(C)c23)cc1. The summed E-state index contributed by atoms with van der Waals surface area (Å²) in [5.74, 6) is 1.58. The molecule has 1 aliphatic rings. The predicted molar refractivity (Wildman–Crippen MR) is 110 cm³/mol. The van der Waals surface area contributed by atoms with Gasteiger partial charge in [-0.1, -0.05) is 0 Å². The first-order valence-electron chi connectivity index (χ1n) is 9.59. The molecule has 0 amide bonds. The molecule has 2 aromatic heterocycles. The van der Waals surface area contributed by atoms with Crippen LogP contribution in [0.3, 0.4) is 0 Å². The first kappa shape index (κ1) is 19.8.